The summed E-state index contributed by atoms with van der Waals surface area (Å²) in [6, 6.07) is 86.1. The highest BCUT2D eigenvalue weighted by Gasteiger charge is 2.45. The molecular formula is C72H53N5. The van der Waals surface area contributed by atoms with Gasteiger partial charge in [0.15, 0.2) is 5.84 Å². The maximum atomic E-state index is 5.63. The highest BCUT2D eigenvalue weighted by atomic mass is 15.2. The van der Waals surface area contributed by atoms with Crippen molar-refractivity contribution in [3.05, 3.63) is 283 Å². The van der Waals surface area contributed by atoms with Crippen LogP contribution in [-0.4, -0.2) is 20.8 Å². The van der Waals surface area contributed by atoms with E-state index in [1.54, 1.807) is 0 Å². The standard InChI is InChI=1S/C72H53N5/c1-72(2)60-36-17-15-30-52(60)55-34-19-35-59(68(55)72)71-74-69(48-26-11-5-12-27-48)73-70(75-71)58-43-41-50(47-24-9-4-10-25-47)45-65(58)77-63-39-21-33-54(67(63)57-42-40-49(44-64(57)77)46-22-7-3-8-23-46)53-32-20-38-62-66(53)56-31-16-18-37-61(56)76(62)51-28-13-6-14-29-51/h3-35,37-45,60,70H,36H2,1-2H3,(H,73,74,75). The van der Waals surface area contributed by atoms with Crippen molar-refractivity contribution >= 4 is 60.9 Å². The molecule has 366 valence electrons. The van der Waals surface area contributed by atoms with Gasteiger partial charge in [-0.3, -0.25) is 0 Å². The Bertz CT molecular complexity index is 4460. The van der Waals surface area contributed by atoms with E-state index in [0.29, 0.717) is 11.8 Å². The fraction of sp³-hybridized carbons (Fsp3) is 0.0833. The summed E-state index contributed by atoms with van der Waals surface area (Å²) < 4.78 is 4.93. The molecule has 1 N–H and O–H groups in total. The normalized spacial score (nSPS) is 16.5. The van der Waals surface area contributed by atoms with Gasteiger partial charge in [-0.2, -0.15) is 0 Å². The van der Waals surface area contributed by atoms with E-state index in [1.165, 1.54) is 66.0 Å². The van der Waals surface area contributed by atoms with Gasteiger partial charge in [-0.05, 0) is 110 Å². The zero-order valence-electron chi connectivity index (χ0n) is 42.9. The lowest BCUT2D eigenvalue weighted by atomic mass is 9.73. The summed E-state index contributed by atoms with van der Waals surface area (Å²) in [6.45, 7) is 4.82. The minimum atomic E-state index is -0.507. The van der Waals surface area contributed by atoms with Crippen molar-refractivity contribution in [2.75, 3.05) is 0 Å². The number of amidine groups is 2. The Morgan fingerprint density at radius 1 is 0.468 bits per heavy atom. The smallest absolute Gasteiger partial charge is 0.159 e. The first-order valence-electron chi connectivity index (χ1n) is 26.9. The van der Waals surface area contributed by atoms with Gasteiger partial charge < -0.3 is 14.5 Å². The zero-order chi connectivity index (χ0) is 51.2. The number of allylic oxidation sites excluding steroid dienone is 4. The number of rotatable bonds is 8. The van der Waals surface area contributed by atoms with Crippen LogP contribution in [0.15, 0.2) is 265 Å². The van der Waals surface area contributed by atoms with Gasteiger partial charge in [0.1, 0.15) is 12.0 Å². The molecule has 0 bridgehead atoms. The molecule has 0 radical (unpaired) electrons. The van der Waals surface area contributed by atoms with Gasteiger partial charge >= 0.3 is 0 Å². The Kier molecular flexibility index (Phi) is 10.4. The SMILES string of the molecule is CC1(C)c2c(cccc2C2=NC(c3ccccc3)=NC(c3ccc(-c4ccccc4)cc3-n3c4cc(-c5ccccc5)ccc4c4c(-c5cccc6c5c5ccccc5n6-c5ccccc5)cccc43)N2)C2=CC=CCC21. The summed E-state index contributed by atoms with van der Waals surface area (Å²) in [5, 5.41) is 8.86. The minimum Gasteiger partial charge on any atom is -0.344 e. The van der Waals surface area contributed by atoms with Gasteiger partial charge in [0.05, 0.1) is 27.8 Å². The van der Waals surface area contributed by atoms with Crippen LogP contribution in [0.3, 0.4) is 0 Å². The van der Waals surface area contributed by atoms with Crippen LogP contribution in [0, 0.1) is 5.92 Å². The van der Waals surface area contributed by atoms with Crippen molar-refractivity contribution < 1.29 is 0 Å². The third kappa shape index (κ3) is 7.14. The molecule has 5 heteroatoms. The molecule has 0 saturated carbocycles. The van der Waals surface area contributed by atoms with Crippen LogP contribution < -0.4 is 5.32 Å². The molecule has 2 aliphatic carbocycles. The quantitative estimate of drug-likeness (QED) is 0.162. The molecule has 5 nitrogen and oxygen atoms in total. The molecule has 2 unspecified atom stereocenters. The lowest BCUT2D eigenvalue weighted by molar-refractivity contribution is 0.414. The lowest BCUT2D eigenvalue weighted by Crippen LogP contribution is -2.36. The molecule has 2 atom stereocenters. The first-order chi connectivity index (χ1) is 38.0. The summed E-state index contributed by atoms with van der Waals surface area (Å²) in [7, 11) is 0. The van der Waals surface area contributed by atoms with Crippen LogP contribution in [0.2, 0.25) is 0 Å². The first-order valence-corrected chi connectivity index (χ1v) is 26.9. The monoisotopic (exact) mass is 987 g/mol. The van der Waals surface area contributed by atoms with Gasteiger partial charge in [0.2, 0.25) is 0 Å². The molecule has 3 heterocycles. The van der Waals surface area contributed by atoms with E-state index in [0.717, 1.165) is 68.0 Å². The van der Waals surface area contributed by atoms with E-state index in [9.17, 15) is 0 Å². The zero-order valence-corrected chi connectivity index (χ0v) is 42.9. The van der Waals surface area contributed by atoms with E-state index in [2.05, 4.69) is 283 Å². The van der Waals surface area contributed by atoms with Crippen LogP contribution in [0.1, 0.15) is 54.3 Å². The number of hydrogen-bond acceptors (Lipinski definition) is 3. The number of benzene rings is 10. The Balaban J connectivity index is 1.00. The molecule has 2 aromatic heterocycles. The van der Waals surface area contributed by atoms with E-state index in [1.807, 2.05) is 0 Å². The van der Waals surface area contributed by atoms with Crippen molar-refractivity contribution in [1.82, 2.24) is 14.5 Å². The number of aromatic nitrogens is 2. The lowest BCUT2D eigenvalue weighted by Gasteiger charge is -2.32. The number of fused-ring (bicyclic) bond motifs is 9. The number of nitrogens with zero attached hydrogens (tertiary/aromatic N) is 4. The second kappa shape index (κ2) is 17.8. The van der Waals surface area contributed by atoms with E-state index in [-0.39, 0.29) is 5.41 Å². The van der Waals surface area contributed by atoms with E-state index < -0.39 is 6.17 Å². The predicted octanol–water partition coefficient (Wildman–Crippen LogP) is 17.6. The maximum absolute atomic E-state index is 5.63. The predicted molar refractivity (Wildman–Crippen MR) is 322 cm³/mol. The number of hydrogen-bond donors (Lipinski definition) is 1. The van der Waals surface area contributed by atoms with Gasteiger partial charge in [-0.1, -0.05) is 226 Å². The van der Waals surface area contributed by atoms with Crippen LogP contribution in [-0.2, 0) is 5.41 Å². The molecule has 0 amide bonds. The Morgan fingerprint density at radius 3 is 1.74 bits per heavy atom. The molecule has 10 aromatic carbocycles. The minimum absolute atomic E-state index is 0.121. The summed E-state index contributed by atoms with van der Waals surface area (Å²) in [4.78, 5) is 11.1. The van der Waals surface area contributed by atoms with E-state index >= 15 is 0 Å². The summed E-state index contributed by atoms with van der Waals surface area (Å²) in [6.07, 6.45) is 7.38. The number of nitrogens with one attached hydrogen (secondary N) is 1. The Hall–Kier alpha value is -9.58. The fourth-order valence-corrected chi connectivity index (χ4v) is 13.2. The van der Waals surface area contributed by atoms with Gasteiger partial charge in [0.25, 0.3) is 0 Å². The molecule has 1 aliphatic heterocycles. The summed E-state index contributed by atoms with van der Waals surface area (Å²) in [5.74, 6) is 1.92. The van der Waals surface area contributed by atoms with Crippen LogP contribution >= 0.6 is 0 Å². The van der Waals surface area contributed by atoms with E-state index in [4.69, 9.17) is 9.98 Å². The molecule has 0 spiro atoms. The third-order valence-electron chi connectivity index (χ3n) is 16.7. The Morgan fingerprint density at radius 2 is 1.03 bits per heavy atom. The second-order valence-corrected chi connectivity index (χ2v) is 21.3. The van der Waals surface area contributed by atoms with Crippen molar-refractivity contribution in [2.45, 2.75) is 31.8 Å². The second-order valence-electron chi connectivity index (χ2n) is 21.3. The van der Waals surface area contributed by atoms with Crippen LogP contribution in [0.5, 0.6) is 0 Å². The van der Waals surface area contributed by atoms with Gasteiger partial charge in [-0.25, -0.2) is 9.98 Å². The highest BCUT2D eigenvalue weighted by Crippen LogP contribution is 2.54. The highest BCUT2D eigenvalue weighted by molar-refractivity contribution is 6.23. The average Bonchev–Trinajstić information content (AvgIpc) is 4.22. The van der Waals surface area contributed by atoms with Crippen molar-refractivity contribution in [3.63, 3.8) is 0 Å². The van der Waals surface area contributed by atoms with Crippen molar-refractivity contribution in [3.8, 4) is 44.8 Å². The van der Waals surface area contributed by atoms with Crippen LogP contribution in [0.25, 0.3) is 93.9 Å². The third-order valence-corrected chi connectivity index (χ3v) is 16.7. The molecular weight excluding hydrogens is 935 g/mol. The van der Waals surface area contributed by atoms with Crippen molar-refractivity contribution in [2.24, 2.45) is 15.9 Å². The first kappa shape index (κ1) is 44.9. The summed E-state index contributed by atoms with van der Waals surface area (Å²) >= 11 is 0. The van der Waals surface area contributed by atoms with Gasteiger partial charge in [0, 0.05) is 43.9 Å². The molecule has 0 saturated heterocycles. The molecule has 0 fully saturated rings. The topological polar surface area (TPSA) is 46.6 Å². The summed E-state index contributed by atoms with van der Waals surface area (Å²) in [5.41, 5.74) is 20.8. The average molecular weight is 988 g/mol. The molecule has 3 aliphatic rings. The molecule has 77 heavy (non-hydrogen) atoms. The van der Waals surface area contributed by atoms with Gasteiger partial charge in [-0.15, -0.1) is 0 Å². The fourth-order valence-electron chi connectivity index (χ4n) is 13.2. The molecule has 12 aromatic rings. The molecule has 15 rings (SSSR count). The Labute approximate surface area is 448 Å². The maximum Gasteiger partial charge on any atom is 0.159 e. The largest absolute Gasteiger partial charge is 0.344 e. The number of para-hydroxylation sites is 2. The van der Waals surface area contributed by atoms with Crippen molar-refractivity contribution in [1.29, 1.82) is 0 Å². The van der Waals surface area contributed by atoms with Crippen LogP contribution in [0.4, 0.5) is 0 Å². The number of aliphatic imine (C=N–C) groups is 2.